The summed E-state index contributed by atoms with van der Waals surface area (Å²) in [6.07, 6.45) is -0.741. The molecule has 0 atom stereocenters. The van der Waals surface area contributed by atoms with Crippen LogP contribution >= 0.6 is 7.60 Å². The number of carbonyl (C=O) groups is 1. The fraction of sp³-hybridized carbons (Fsp3) is 0.500. The molecular formula is C14H21O4P. The Morgan fingerprint density at radius 3 is 1.95 bits per heavy atom. The van der Waals surface area contributed by atoms with Gasteiger partial charge in [-0.25, -0.2) is 0 Å². The lowest BCUT2D eigenvalue weighted by molar-refractivity contribution is 0.0988. The normalized spacial score (nSPS) is 12.1. The number of benzene rings is 1. The van der Waals surface area contributed by atoms with Gasteiger partial charge in [0.15, 0.2) is 5.78 Å². The molecule has 0 bridgehead atoms. The lowest BCUT2D eigenvalue weighted by atomic mass is 10.2. The molecular weight excluding hydrogens is 263 g/mol. The van der Waals surface area contributed by atoms with Crippen LogP contribution in [-0.2, 0) is 13.6 Å². The molecule has 0 spiro atoms. The molecule has 1 aromatic rings. The number of hydrogen-bond acceptors (Lipinski definition) is 4. The molecule has 0 unspecified atom stereocenters. The zero-order valence-corrected chi connectivity index (χ0v) is 12.7. The van der Waals surface area contributed by atoms with Gasteiger partial charge in [-0.05, 0) is 27.7 Å². The van der Waals surface area contributed by atoms with Crippen LogP contribution in [0.15, 0.2) is 30.3 Å². The molecule has 0 aromatic heterocycles. The van der Waals surface area contributed by atoms with Crippen molar-refractivity contribution in [3.63, 3.8) is 0 Å². The van der Waals surface area contributed by atoms with Crippen molar-refractivity contribution in [3.05, 3.63) is 35.9 Å². The number of ketones is 1. The molecule has 5 heteroatoms. The third-order valence-corrected chi connectivity index (χ3v) is 4.34. The molecule has 0 aliphatic rings. The topological polar surface area (TPSA) is 52.6 Å². The molecule has 0 heterocycles. The molecule has 0 saturated heterocycles. The van der Waals surface area contributed by atoms with Crippen LogP contribution in [0, 0.1) is 0 Å². The van der Waals surface area contributed by atoms with E-state index in [1.807, 2.05) is 6.07 Å². The Hall–Kier alpha value is -0.960. The lowest BCUT2D eigenvalue weighted by Gasteiger charge is -2.22. The van der Waals surface area contributed by atoms with Gasteiger partial charge in [0.25, 0.3) is 0 Å². The van der Waals surface area contributed by atoms with Crippen LogP contribution in [0.2, 0.25) is 0 Å². The van der Waals surface area contributed by atoms with Crippen LogP contribution in [0.4, 0.5) is 0 Å². The van der Waals surface area contributed by atoms with Crippen LogP contribution in [0.5, 0.6) is 0 Å². The molecule has 0 aliphatic carbocycles. The number of Topliss-reactive ketones (excluding diaryl/α,β-unsaturated/α-hetero) is 1. The summed E-state index contributed by atoms with van der Waals surface area (Å²) in [7, 11) is -3.40. The standard InChI is InChI=1S/C14H21O4P/c1-11(2)17-19(16,18-12(3)4)10-14(15)13-8-6-5-7-9-13/h5-9,11-12H,10H2,1-4H3. The number of carbonyl (C=O) groups excluding carboxylic acids is 1. The smallest absolute Gasteiger partial charge is 0.305 e. The van der Waals surface area contributed by atoms with Gasteiger partial charge in [0, 0.05) is 5.56 Å². The average Bonchev–Trinajstić information content (AvgIpc) is 2.27. The zero-order valence-electron chi connectivity index (χ0n) is 11.8. The van der Waals surface area contributed by atoms with Gasteiger partial charge in [0.05, 0.1) is 12.2 Å². The van der Waals surface area contributed by atoms with Gasteiger partial charge in [-0.1, -0.05) is 30.3 Å². The molecule has 19 heavy (non-hydrogen) atoms. The Morgan fingerprint density at radius 2 is 1.53 bits per heavy atom. The van der Waals surface area contributed by atoms with Crippen molar-refractivity contribution in [1.29, 1.82) is 0 Å². The van der Waals surface area contributed by atoms with E-state index >= 15 is 0 Å². The van der Waals surface area contributed by atoms with Gasteiger partial charge in [-0.2, -0.15) is 0 Å². The molecule has 0 radical (unpaired) electrons. The van der Waals surface area contributed by atoms with E-state index < -0.39 is 7.60 Å². The summed E-state index contributed by atoms with van der Waals surface area (Å²) < 4.78 is 23.3. The second-order valence-electron chi connectivity index (χ2n) is 4.87. The Balaban J connectivity index is 2.83. The van der Waals surface area contributed by atoms with Gasteiger partial charge in [0.1, 0.15) is 6.16 Å². The summed E-state index contributed by atoms with van der Waals surface area (Å²) in [6, 6.07) is 8.75. The van der Waals surface area contributed by atoms with E-state index in [2.05, 4.69) is 0 Å². The fourth-order valence-corrected chi connectivity index (χ4v) is 3.65. The van der Waals surface area contributed by atoms with Crippen molar-refractivity contribution < 1.29 is 18.4 Å². The van der Waals surface area contributed by atoms with Gasteiger partial charge in [-0.15, -0.1) is 0 Å². The molecule has 0 amide bonds. The molecule has 0 saturated carbocycles. The average molecular weight is 284 g/mol. The maximum Gasteiger partial charge on any atom is 0.338 e. The molecule has 0 N–H and O–H groups in total. The first-order chi connectivity index (χ1) is 8.82. The van der Waals surface area contributed by atoms with Crippen molar-refractivity contribution in [3.8, 4) is 0 Å². The summed E-state index contributed by atoms with van der Waals surface area (Å²) >= 11 is 0. The molecule has 1 rings (SSSR count). The fourth-order valence-electron chi connectivity index (χ4n) is 1.63. The van der Waals surface area contributed by atoms with E-state index in [-0.39, 0.29) is 24.2 Å². The van der Waals surface area contributed by atoms with Crippen molar-refractivity contribution in [2.45, 2.75) is 39.9 Å². The number of hydrogen-bond donors (Lipinski definition) is 0. The molecule has 0 fully saturated rings. The van der Waals surface area contributed by atoms with Crippen molar-refractivity contribution >= 4 is 13.4 Å². The minimum absolute atomic E-state index is 0.229. The van der Waals surface area contributed by atoms with Crippen molar-refractivity contribution in [1.82, 2.24) is 0 Å². The summed E-state index contributed by atoms with van der Waals surface area (Å²) in [5.41, 5.74) is 0.516. The van der Waals surface area contributed by atoms with Gasteiger partial charge in [0.2, 0.25) is 0 Å². The summed E-state index contributed by atoms with van der Waals surface area (Å²) in [4.78, 5) is 12.1. The molecule has 106 valence electrons. The van der Waals surface area contributed by atoms with Crippen LogP contribution in [0.25, 0.3) is 0 Å². The lowest BCUT2D eigenvalue weighted by Crippen LogP contribution is -2.15. The van der Waals surface area contributed by atoms with E-state index in [4.69, 9.17) is 9.05 Å². The third-order valence-electron chi connectivity index (χ3n) is 2.18. The predicted octanol–water partition coefficient (Wildman–Crippen LogP) is 3.91. The highest BCUT2D eigenvalue weighted by atomic mass is 31.2. The highest BCUT2D eigenvalue weighted by Crippen LogP contribution is 2.50. The van der Waals surface area contributed by atoms with Gasteiger partial charge in [-0.3, -0.25) is 9.36 Å². The largest absolute Gasteiger partial charge is 0.338 e. The summed E-state index contributed by atoms with van der Waals surface area (Å²) in [5, 5.41) is 0. The first kappa shape index (κ1) is 16.1. The van der Waals surface area contributed by atoms with E-state index in [1.54, 1.807) is 52.0 Å². The van der Waals surface area contributed by atoms with Crippen molar-refractivity contribution in [2.24, 2.45) is 0 Å². The van der Waals surface area contributed by atoms with Crippen molar-refractivity contribution in [2.75, 3.05) is 6.16 Å². The van der Waals surface area contributed by atoms with E-state index in [0.29, 0.717) is 5.56 Å². The highest BCUT2D eigenvalue weighted by molar-refractivity contribution is 7.55. The Labute approximate surface area is 114 Å². The Kier molecular flexibility index (Phi) is 5.92. The van der Waals surface area contributed by atoms with E-state index in [0.717, 1.165) is 0 Å². The SMILES string of the molecule is CC(C)OP(=O)(CC(=O)c1ccccc1)OC(C)C. The van der Waals surface area contributed by atoms with E-state index in [1.165, 1.54) is 0 Å². The van der Waals surface area contributed by atoms with Crippen LogP contribution in [-0.4, -0.2) is 24.2 Å². The minimum Gasteiger partial charge on any atom is -0.305 e. The second kappa shape index (κ2) is 6.99. The maximum atomic E-state index is 12.6. The van der Waals surface area contributed by atoms with Crippen LogP contribution < -0.4 is 0 Å². The highest BCUT2D eigenvalue weighted by Gasteiger charge is 2.31. The molecule has 0 aliphatic heterocycles. The minimum atomic E-state index is -3.40. The van der Waals surface area contributed by atoms with Gasteiger partial charge >= 0.3 is 7.60 Å². The third kappa shape index (κ3) is 5.68. The van der Waals surface area contributed by atoms with E-state index in [9.17, 15) is 9.36 Å². The first-order valence-corrected chi connectivity index (χ1v) is 8.09. The predicted molar refractivity (Wildman–Crippen MR) is 75.7 cm³/mol. The van der Waals surface area contributed by atoms with Gasteiger partial charge < -0.3 is 9.05 Å². The maximum absolute atomic E-state index is 12.6. The summed E-state index contributed by atoms with van der Waals surface area (Å²) in [5.74, 6) is -0.231. The second-order valence-corrected chi connectivity index (χ2v) is 6.83. The van der Waals surface area contributed by atoms with Crippen LogP contribution in [0.3, 0.4) is 0 Å². The molecule has 4 nitrogen and oxygen atoms in total. The molecule has 1 aromatic carbocycles. The summed E-state index contributed by atoms with van der Waals surface area (Å²) in [6.45, 7) is 7.07. The van der Waals surface area contributed by atoms with Crippen LogP contribution in [0.1, 0.15) is 38.1 Å². The first-order valence-electron chi connectivity index (χ1n) is 6.36. The quantitative estimate of drug-likeness (QED) is 0.562. The monoisotopic (exact) mass is 284 g/mol. The number of rotatable bonds is 7. The Morgan fingerprint density at radius 1 is 1.05 bits per heavy atom. The Bertz CT molecular complexity index is 440. The zero-order chi connectivity index (χ0) is 14.5.